The molecule has 10 heavy (non-hydrogen) atoms. The van der Waals surface area contributed by atoms with Gasteiger partial charge in [-0.1, -0.05) is 0 Å². The van der Waals surface area contributed by atoms with Crippen molar-refractivity contribution in [1.82, 2.24) is 10.3 Å². The number of nitrogens with one attached hydrogen (secondary N) is 1. The lowest BCUT2D eigenvalue weighted by molar-refractivity contribution is -0.109. The molecule has 0 radical (unpaired) electrons. The zero-order valence-corrected chi connectivity index (χ0v) is 6.02. The third kappa shape index (κ3) is 1.70. The Morgan fingerprint density at radius 1 is 1.90 bits per heavy atom. The first kappa shape index (κ1) is 7.01. The highest BCUT2D eigenvalue weighted by atomic mass is 32.1. The maximum atomic E-state index is 9.82. The van der Waals surface area contributed by atoms with Crippen molar-refractivity contribution in [3.8, 4) is 0 Å². The van der Waals surface area contributed by atoms with Crippen LogP contribution < -0.4 is 11.1 Å². The molecular formula is C5H7N3OS. The van der Waals surface area contributed by atoms with E-state index in [1.807, 2.05) is 5.38 Å². The summed E-state index contributed by atoms with van der Waals surface area (Å²) in [5, 5.41) is 4.83. The topological polar surface area (TPSA) is 68.0 Å². The largest absolute Gasteiger partial charge is 0.375 e. The molecular weight excluding hydrogens is 150 g/mol. The minimum atomic E-state index is 0.456. The number of carbonyl (C=O) groups is 1. The Hall–Kier alpha value is -1.10. The van der Waals surface area contributed by atoms with E-state index in [1.165, 1.54) is 11.3 Å². The number of anilines is 1. The summed E-state index contributed by atoms with van der Waals surface area (Å²) >= 11 is 1.37. The maximum absolute atomic E-state index is 9.82. The number of nitrogens with two attached hydrogens (primary N) is 1. The molecule has 4 nitrogen and oxygen atoms in total. The standard InChI is InChI=1S/C5H7N3OS/c6-5-8-4(2-10-5)1-7-3-9/h2-3H,1H2,(H2,6,8)(H,7,9). The Balaban J connectivity index is 2.49. The van der Waals surface area contributed by atoms with Gasteiger partial charge in [-0.05, 0) is 0 Å². The number of aromatic nitrogens is 1. The molecule has 0 saturated carbocycles. The van der Waals surface area contributed by atoms with Crippen molar-refractivity contribution < 1.29 is 4.79 Å². The second-order valence-corrected chi connectivity index (χ2v) is 2.57. The molecule has 1 amide bonds. The van der Waals surface area contributed by atoms with Crippen molar-refractivity contribution in [3.63, 3.8) is 0 Å². The van der Waals surface area contributed by atoms with Gasteiger partial charge in [0, 0.05) is 5.38 Å². The van der Waals surface area contributed by atoms with Gasteiger partial charge < -0.3 is 11.1 Å². The molecule has 0 saturated heterocycles. The van der Waals surface area contributed by atoms with Crippen LogP contribution in [0.25, 0.3) is 0 Å². The van der Waals surface area contributed by atoms with E-state index in [1.54, 1.807) is 0 Å². The molecule has 0 aliphatic heterocycles. The molecule has 0 fully saturated rings. The normalized spacial score (nSPS) is 9.20. The molecule has 5 heteroatoms. The molecule has 0 bridgehead atoms. The Labute approximate surface area is 62.1 Å². The number of nitrogens with zero attached hydrogens (tertiary/aromatic N) is 1. The van der Waals surface area contributed by atoms with E-state index in [-0.39, 0.29) is 0 Å². The lowest BCUT2D eigenvalue weighted by Gasteiger charge is -1.89. The Morgan fingerprint density at radius 3 is 3.20 bits per heavy atom. The summed E-state index contributed by atoms with van der Waals surface area (Å²) < 4.78 is 0. The summed E-state index contributed by atoms with van der Waals surface area (Å²) in [6, 6.07) is 0. The smallest absolute Gasteiger partial charge is 0.207 e. The first-order valence-electron chi connectivity index (χ1n) is 2.70. The molecule has 0 aromatic carbocycles. The Kier molecular flexibility index (Phi) is 2.22. The fraction of sp³-hybridized carbons (Fsp3) is 0.200. The first-order chi connectivity index (χ1) is 4.83. The van der Waals surface area contributed by atoms with Crippen LogP contribution in [0.15, 0.2) is 5.38 Å². The van der Waals surface area contributed by atoms with Gasteiger partial charge in [-0.25, -0.2) is 4.98 Å². The predicted molar refractivity (Wildman–Crippen MR) is 39.4 cm³/mol. The molecule has 0 spiro atoms. The van der Waals surface area contributed by atoms with Crippen LogP contribution in [-0.2, 0) is 11.3 Å². The summed E-state index contributed by atoms with van der Waals surface area (Å²) in [6.07, 6.45) is 0.634. The van der Waals surface area contributed by atoms with Crippen molar-refractivity contribution in [2.45, 2.75) is 6.54 Å². The summed E-state index contributed by atoms with van der Waals surface area (Å²) in [4.78, 5) is 13.7. The van der Waals surface area contributed by atoms with Gasteiger partial charge in [-0.15, -0.1) is 11.3 Å². The van der Waals surface area contributed by atoms with Crippen molar-refractivity contribution >= 4 is 22.9 Å². The van der Waals surface area contributed by atoms with Crippen molar-refractivity contribution in [1.29, 1.82) is 0 Å². The lowest BCUT2D eigenvalue weighted by Crippen LogP contribution is -2.09. The lowest BCUT2D eigenvalue weighted by atomic mass is 10.5. The SMILES string of the molecule is Nc1nc(CNC=O)cs1. The minimum absolute atomic E-state index is 0.456. The molecule has 1 rings (SSSR count). The Morgan fingerprint density at radius 2 is 2.70 bits per heavy atom. The Bertz CT molecular complexity index is 222. The van der Waals surface area contributed by atoms with Gasteiger partial charge in [0.1, 0.15) is 0 Å². The molecule has 0 unspecified atom stereocenters. The molecule has 1 aromatic rings. The van der Waals surface area contributed by atoms with Crippen molar-refractivity contribution in [2.75, 3.05) is 5.73 Å². The summed E-state index contributed by atoms with van der Waals surface area (Å²) in [6.45, 7) is 0.456. The zero-order chi connectivity index (χ0) is 7.40. The van der Waals surface area contributed by atoms with Crippen LogP contribution in [0.3, 0.4) is 0 Å². The number of nitrogen functional groups attached to an aromatic ring is 1. The summed E-state index contributed by atoms with van der Waals surface area (Å²) in [5.41, 5.74) is 6.14. The first-order valence-corrected chi connectivity index (χ1v) is 3.58. The third-order valence-corrected chi connectivity index (χ3v) is 1.66. The third-order valence-electron chi connectivity index (χ3n) is 0.936. The second-order valence-electron chi connectivity index (χ2n) is 1.68. The highest BCUT2D eigenvalue weighted by molar-refractivity contribution is 7.13. The van der Waals surface area contributed by atoms with Gasteiger partial charge in [0.15, 0.2) is 5.13 Å². The van der Waals surface area contributed by atoms with Crippen molar-refractivity contribution in [3.05, 3.63) is 11.1 Å². The number of carbonyl (C=O) groups excluding carboxylic acids is 1. The molecule has 1 heterocycles. The van der Waals surface area contributed by atoms with E-state index in [0.717, 1.165) is 5.69 Å². The zero-order valence-electron chi connectivity index (χ0n) is 5.20. The van der Waals surface area contributed by atoms with Crippen LogP contribution in [0.4, 0.5) is 5.13 Å². The van der Waals surface area contributed by atoms with E-state index in [0.29, 0.717) is 18.1 Å². The monoisotopic (exact) mass is 157 g/mol. The van der Waals surface area contributed by atoms with Gasteiger partial charge in [-0.3, -0.25) is 4.79 Å². The second kappa shape index (κ2) is 3.17. The average molecular weight is 157 g/mol. The van der Waals surface area contributed by atoms with Crippen LogP contribution >= 0.6 is 11.3 Å². The molecule has 0 aliphatic rings. The van der Waals surface area contributed by atoms with Gasteiger partial charge in [0.2, 0.25) is 6.41 Å². The highest BCUT2D eigenvalue weighted by Crippen LogP contribution is 2.09. The van der Waals surface area contributed by atoms with Gasteiger partial charge in [0.25, 0.3) is 0 Å². The van der Waals surface area contributed by atoms with Crippen LogP contribution in [0.2, 0.25) is 0 Å². The van der Waals surface area contributed by atoms with Crippen LogP contribution in [0, 0.1) is 0 Å². The van der Waals surface area contributed by atoms with E-state index in [2.05, 4.69) is 10.3 Å². The number of rotatable bonds is 3. The molecule has 1 aromatic heterocycles. The predicted octanol–water partition coefficient (Wildman–Crippen LogP) is -0.0287. The van der Waals surface area contributed by atoms with E-state index < -0.39 is 0 Å². The number of amides is 1. The summed E-state index contributed by atoms with van der Waals surface area (Å²) in [7, 11) is 0. The van der Waals surface area contributed by atoms with Crippen LogP contribution in [0.5, 0.6) is 0 Å². The number of hydrogen-bond acceptors (Lipinski definition) is 4. The number of hydrogen-bond donors (Lipinski definition) is 2. The van der Waals surface area contributed by atoms with Crippen LogP contribution in [-0.4, -0.2) is 11.4 Å². The van der Waals surface area contributed by atoms with Gasteiger partial charge >= 0.3 is 0 Å². The molecule has 0 atom stereocenters. The number of thiazole rings is 1. The molecule has 54 valence electrons. The van der Waals surface area contributed by atoms with Gasteiger partial charge in [0.05, 0.1) is 12.2 Å². The van der Waals surface area contributed by atoms with Crippen LogP contribution in [0.1, 0.15) is 5.69 Å². The highest BCUT2D eigenvalue weighted by Gasteiger charge is 1.95. The molecule has 0 aliphatic carbocycles. The van der Waals surface area contributed by atoms with E-state index in [4.69, 9.17) is 5.73 Å². The average Bonchev–Trinajstić information content (AvgIpc) is 2.31. The van der Waals surface area contributed by atoms with Crippen molar-refractivity contribution in [2.24, 2.45) is 0 Å². The van der Waals surface area contributed by atoms with Gasteiger partial charge in [-0.2, -0.15) is 0 Å². The maximum Gasteiger partial charge on any atom is 0.207 e. The minimum Gasteiger partial charge on any atom is -0.375 e. The van der Waals surface area contributed by atoms with E-state index >= 15 is 0 Å². The fourth-order valence-electron chi connectivity index (χ4n) is 0.550. The summed E-state index contributed by atoms with van der Waals surface area (Å²) in [5.74, 6) is 0. The molecule has 3 N–H and O–H groups in total. The fourth-order valence-corrected chi connectivity index (χ4v) is 1.11. The quantitative estimate of drug-likeness (QED) is 0.605. The van der Waals surface area contributed by atoms with E-state index in [9.17, 15) is 4.79 Å².